The number of aromatic nitrogens is 1. The quantitative estimate of drug-likeness (QED) is 0.387. The molecule has 6 nitrogen and oxygen atoms in total. The first-order chi connectivity index (χ1) is 15.6. The maximum absolute atomic E-state index is 13.0. The summed E-state index contributed by atoms with van der Waals surface area (Å²) in [5.74, 6) is -0.858. The van der Waals surface area contributed by atoms with E-state index in [1.54, 1.807) is 42.6 Å². The summed E-state index contributed by atoms with van der Waals surface area (Å²) in [6.07, 6.45) is 3.17. The second-order valence-corrected chi connectivity index (χ2v) is 9.60. The number of carbonyl (C=O) groups is 2. The standard InChI is InChI=1S/C26H26ClN3O3/c1-26(2,3)33-25(32)15-4-8-19(9-5-15)30-24(31)20-10-6-16-12-17(14-29-23(16)20)21-13-18(27)7-11-22(21)28/h4-5,7-9,11-14,20H,6,10,28H2,1-3H3,(H,30,31). The molecule has 1 unspecified atom stereocenters. The number of aryl methyl sites for hydroxylation is 1. The molecule has 1 atom stereocenters. The third-order valence-corrected chi connectivity index (χ3v) is 5.70. The van der Waals surface area contributed by atoms with Crippen LogP contribution < -0.4 is 11.1 Å². The third-order valence-electron chi connectivity index (χ3n) is 5.46. The summed E-state index contributed by atoms with van der Waals surface area (Å²) in [6.45, 7) is 5.46. The Bertz CT molecular complexity index is 1220. The Hall–Kier alpha value is -3.38. The average molecular weight is 464 g/mol. The van der Waals surface area contributed by atoms with Crippen LogP contribution in [0.5, 0.6) is 0 Å². The molecule has 7 heteroatoms. The minimum atomic E-state index is -0.564. The summed E-state index contributed by atoms with van der Waals surface area (Å²) in [4.78, 5) is 29.7. The zero-order valence-corrected chi connectivity index (χ0v) is 19.6. The predicted molar refractivity (Wildman–Crippen MR) is 130 cm³/mol. The molecular weight excluding hydrogens is 438 g/mol. The molecule has 0 fully saturated rings. The van der Waals surface area contributed by atoms with Crippen LogP contribution in [0, 0.1) is 0 Å². The Kier molecular flexibility index (Phi) is 6.13. The lowest BCUT2D eigenvalue weighted by Crippen LogP contribution is -2.24. The Balaban J connectivity index is 1.47. The van der Waals surface area contributed by atoms with E-state index in [4.69, 9.17) is 22.1 Å². The van der Waals surface area contributed by atoms with Crippen LogP contribution in [0.3, 0.4) is 0 Å². The average Bonchev–Trinajstić information content (AvgIpc) is 3.18. The van der Waals surface area contributed by atoms with E-state index < -0.39 is 11.6 Å². The van der Waals surface area contributed by atoms with E-state index >= 15 is 0 Å². The molecule has 0 saturated carbocycles. The summed E-state index contributed by atoms with van der Waals surface area (Å²) >= 11 is 6.13. The lowest BCUT2D eigenvalue weighted by Gasteiger charge is -2.19. The number of anilines is 2. The first-order valence-electron chi connectivity index (χ1n) is 10.8. The van der Waals surface area contributed by atoms with Crippen molar-refractivity contribution in [3.8, 4) is 11.1 Å². The van der Waals surface area contributed by atoms with Crippen molar-refractivity contribution in [1.82, 2.24) is 4.98 Å². The van der Waals surface area contributed by atoms with Crippen LogP contribution in [-0.4, -0.2) is 22.5 Å². The summed E-state index contributed by atoms with van der Waals surface area (Å²) < 4.78 is 5.37. The zero-order valence-electron chi connectivity index (χ0n) is 18.8. The number of nitrogens with two attached hydrogens (primary N) is 1. The van der Waals surface area contributed by atoms with Gasteiger partial charge in [-0.1, -0.05) is 11.6 Å². The molecule has 1 aromatic heterocycles. The number of fused-ring (bicyclic) bond motifs is 1. The lowest BCUT2D eigenvalue weighted by atomic mass is 10.0. The molecule has 33 heavy (non-hydrogen) atoms. The highest BCUT2D eigenvalue weighted by Gasteiger charge is 2.30. The molecule has 4 rings (SSSR count). The number of rotatable bonds is 4. The molecule has 0 spiro atoms. The van der Waals surface area contributed by atoms with Gasteiger partial charge in [-0.15, -0.1) is 0 Å². The van der Waals surface area contributed by atoms with Crippen LogP contribution in [-0.2, 0) is 16.0 Å². The number of halogens is 1. The summed E-state index contributed by atoms with van der Waals surface area (Å²) in [6, 6.07) is 14.1. The van der Waals surface area contributed by atoms with Crippen molar-refractivity contribution >= 4 is 34.9 Å². The van der Waals surface area contributed by atoms with Crippen LogP contribution in [0.4, 0.5) is 11.4 Å². The number of benzene rings is 2. The van der Waals surface area contributed by atoms with Crippen LogP contribution >= 0.6 is 11.6 Å². The van der Waals surface area contributed by atoms with Gasteiger partial charge in [0.2, 0.25) is 5.91 Å². The number of nitrogens with zero attached hydrogens (tertiary/aromatic N) is 1. The summed E-state index contributed by atoms with van der Waals surface area (Å²) in [7, 11) is 0. The molecule has 3 N–H and O–H groups in total. The Morgan fingerprint density at radius 1 is 1.12 bits per heavy atom. The molecule has 1 amide bonds. The van der Waals surface area contributed by atoms with Crippen LogP contribution in [0.1, 0.15) is 54.7 Å². The van der Waals surface area contributed by atoms with Gasteiger partial charge in [0.25, 0.3) is 0 Å². The third kappa shape index (κ3) is 5.17. The van der Waals surface area contributed by atoms with Gasteiger partial charge in [-0.05, 0) is 87.7 Å². The Morgan fingerprint density at radius 3 is 2.55 bits per heavy atom. The maximum Gasteiger partial charge on any atom is 0.338 e. The van der Waals surface area contributed by atoms with Crippen LogP contribution in [0.25, 0.3) is 11.1 Å². The summed E-state index contributed by atoms with van der Waals surface area (Å²) in [5.41, 5.74) is 10.7. The molecule has 2 aromatic carbocycles. The fourth-order valence-electron chi connectivity index (χ4n) is 3.91. The first-order valence-corrected chi connectivity index (χ1v) is 11.2. The number of carbonyl (C=O) groups excluding carboxylic acids is 2. The van der Waals surface area contributed by atoms with Gasteiger partial charge >= 0.3 is 5.97 Å². The molecular formula is C26H26ClN3O3. The number of esters is 1. The van der Waals surface area contributed by atoms with Crippen molar-refractivity contribution in [2.75, 3.05) is 11.1 Å². The smallest absolute Gasteiger partial charge is 0.338 e. The minimum absolute atomic E-state index is 0.124. The molecule has 3 aromatic rings. The second-order valence-electron chi connectivity index (χ2n) is 9.16. The number of ether oxygens (including phenoxy) is 1. The van der Waals surface area contributed by atoms with Crippen molar-refractivity contribution in [1.29, 1.82) is 0 Å². The summed E-state index contributed by atoms with van der Waals surface area (Å²) in [5, 5.41) is 3.54. The molecule has 0 bridgehead atoms. The van der Waals surface area contributed by atoms with E-state index in [-0.39, 0.29) is 11.8 Å². The number of nitrogens with one attached hydrogen (secondary N) is 1. The van der Waals surface area contributed by atoms with Gasteiger partial charge in [0.1, 0.15) is 5.60 Å². The molecule has 1 heterocycles. The monoisotopic (exact) mass is 463 g/mol. The maximum atomic E-state index is 13.0. The highest BCUT2D eigenvalue weighted by molar-refractivity contribution is 6.31. The van der Waals surface area contributed by atoms with Gasteiger partial charge in [0.15, 0.2) is 0 Å². The minimum Gasteiger partial charge on any atom is -0.456 e. The van der Waals surface area contributed by atoms with Gasteiger partial charge in [0, 0.05) is 33.7 Å². The van der Waals surface area contributed by atoms with E-state index in [1.807, 2.05) is 32.9 Å². The molecule has 0 saturated heterocycles. The van der Waals surface area contributed by atoms with E-state index in [1.165, 1.54) is 0 Å². The van der Waals surface area contributed by atoms with Crippen molar-refractivity contribution in [3.05, 3.63) is 76.6 Å². The predicted octanol–water partition coefficient (Wildman–Crippen LogP) is 5.61. The van der Waals surface area contributed by atoms with Gasteiger partial charge in [-0.3, -0.25) is 9.78 Å². The number of nitrogen functional groups attached to an aromatic ring is 1. The van der Waals surface area contributed by atoms with Crippen molar-refractivity contribution in [2.45, 2.75) is 45.1 Å². The van der Waals surface area contributed by atoms with Crippen LogP contribution in [0.2, 0.25) is 5.02 Å². The van der Waals surface area contributed by atoms with Crippen molar-refractivity contribution in [2.24, 2.45) is 0 Å². The van der Waals surface area contributed by atoms with Gasteiger partial charge < -0.3 is 15.8 Å². The number of amides is 1. The molecule has 1 aliphatic carbocycles. The topological polar surface area (TPSA) is 94.3 Å². The molecule has 1 aliphatic rings. The van der Waals surface area contributed by atoms with E-state index in [0.717, 1.165) is 28.8 Å². The van der Waals surface area contributed by atoms with Crippen molar-refractivity contribution in [3.63, 3.8) is 0 Å². The molecule has 170 valence electrons. The Labute approximate surface area is 198 Å². The molecule has 0 aliphatic heterocycles. The van der Waals surface area contributed by atoms with Crippen LogP contribution in [0.15, 0.2) is 54.7 Å². The second kappa shape index (κ2) is 8.87. The largest absolute Gasteiger partial charge is 0.456 e. The van der Waals surface area contributed by atoms with Crippen molar-refractivity contribution < 1.29 is 14.3 Å². The Morgan fingerprint density at radius 2 is 1.85 bits per heavy atom. The van der Waals surface area contributed by atoms with E-state index in [2.05, 4.69) is 10.3 Å². The van der Waals surface area contributed by atoms with Gasteiger partial charge in [-0.2, -0.15) is 0 Å². The normalized spacial score (nSPS) is 15.1. The fraction of sp³-hybridized carbons (Fsp3) is 0.269. The highest BCUT2D eigenvalue weighted by atomic mass is 35.5. The SMILES string of the molecule is CC(C)(C)OC(=O)c1ccc(NC(=O)C2CCc3cc(-c4cc(Cl)ccc4N)cnc32)cc1. The van der Waals surface area contributed by atoms with E-state index in [0.29, 0.717) is 28.4 Å². The van der Waals surface area contributed by atoms with E-state index in [9.17, 15) is 9.59 Å². The molecule has 0 radical (unpaired) electrons. The van der Waals surface area contributed by atoms with Gasteiger partial charge in [-0.25, -0.2) is 4.79 Å². The number of hydrogen-bond acceptors (Lipinski definition) is 5. The number of hydrogen-bond donors (Lipinski definition) is 2. The lowest BCUT2D eigenvalue weighted by molar-refractivity contribution is -0.117. The first kappa shape index (κ1) is 22.8. The fourth-order valence-corrected chi connectivity index (χ4v) is 4.08. The highest BCUT2D eigenvalue weighted by Crippen LogP contribution is 2.36. The van der Waals surface area contributed by atoms with Gasteiger partial charge in [0.05, 0.1) is 17.2 Å². The number of pyridine rings is 1. The zero-order chi connectivity index (χ0) is 23.8.